The molecule has 0 bridgehead atoms. The molecule has 0 atom stereocenters. The number of carbonyl (C=O) groups excluding carboxylic acids is 2. The van der Waals surface area contributed by atoms with E-state index in [0.717, 1.165) is 71.9 Å². The lowest BCUT2D eigenvalue weighted by atomic mass is 10.2. The fraction of sp³-hybridized carbons (Fsp3) is 0.684. The Hall–Kier alpha value is -1.58. The van der Waals surface area contributed by atoms with Gasteiger partial charge < -0.3 is 31.9 Å². The van der Waals surface area contributed by atoms with E-state index in [1.54, 1.807) is 0 Å². The SMILES string of the molecule is C=CC(=O)CCCNCCNCCNCCNCCNCCNC(=O)C=C. The van der Waals surface area contributed by atoms with Gasteiger partial charge in [-0.1, -0.05) is 13.2 Å². The van der Waals surface area contributed by atoms with Crippen LogP contribution in [0.15, 0.2) is 25.3 Å². The minimum atomic E-state index is -0.135. The summed E-state index contributed by atoms with van der Waals surface area (Å²) in [5, 5.41) is 19.4. The lowest BCUT2D eigenvalue weighted by molar-refractivity contribution is -0.116. The number of nitrogens with one attached hydrogen (secondary N) is 6. The van der Waals surface area contributed by atoms with E-state index in [4.69, 9.17) is 0 Å². The standard InChI is InChI=1S/C19H38N6O2/c1-3-18(26)6-5-7-20-8-9-21-10-11-22-12-13-23-14-15-24-16-17-25-19(27)4-2/h3-4,20-24H,1-2,5-17H2,(H,25,27). The van der Waals surface area contributed by atoms with Crippen molar-refractivity contribution >= 4 is 11.7 Å². The van der Waals surface area contributed by atoms with Crippen LogP contribution < -0.4 is 31.9 Å². The summed E-state index contributed by atoms with van der Waals surface area (Å²) in [5.74, 6) is -0.0234. The summed E-state index contributed by atoms with van der Waals surface area (Å²) in [6.07, 6.45) is 4.10. The molecular formula is C19H38N6O2. The number of amides is 1. The summed E-state index contributed by atoms with van der Waals surface area (Å²) in [6, 6.07) is 0. The Morgan fingerprint density at radius 3 is 1.41 bits per heavy atom. The number of ketones is 1. The van der Waals surface area contributed by atoms with Crippen LogP contribution in [-0.4, -0.2) is 83.7 Å². The van der Waals surface area contributed by atoms with Crippen molar-refractivity contribution in [3.8, 4) is 0 Å². The Morgan fingerprint density at radius 1 is 0.593 bits per heavy atom. The maximum atomic E-state index is 11.0. The molecule has 1 amide bonds. The molecule has 27 heavy (non-hydrogen) atoms. The monoisotopic (exact) mass is 382 g/mol. The Kier molecular flexibility index (Phi) is 19.5. The zero-order valence-corrected chi connectivity index (χ0v) is 16.6. The molecule has 0 spiro atoms. The third kappa shape index (κ3) is 20.6. The van der Waals surface area contributed by atoms with Crippen molar-refractivity contribution in [3.05, 3.63) is 25.3 Å². The van der Waals surface area contributed by atoms with Gasteiger partial charge in [0.25, 0.3) is 0 Å². The highest BCUT2D eigenvalue weighted by Crippen LogP contribution is 1.89. The third-order valence-electron chi connectivity index (χ3n) is 3.71. The first-order valence-electron chi connectivity index (χ1n) is 9.79. The van der Waals surface area contributed by atoms with Crippen LogP contribution in [0.25, 0.3) is 0 Å². The molecule has 8 heteroatoms. The Balaban J connectivity index is 3.07. The molecule has 0 rings (SSSR count). The molecular weight excluding hydrogens is 344 g/mol. The van der Waals surface area contributed by atoms with Gasteiger partial charge in [-0.25, -0.2) is 0 Å². The minimum absolute atomic E-state index is 0.112. The van der Waals surface area contributed by atoms with Crippen LogP contribution >= 0.6 is 0 Å². The summed E-state index contributed by atoms with van der Waals surface area (Å²) >= 11 is 0. The molecule has 0 aliphatic carbocycles. The van der Waals surface area contributed by atoms with Gasteiger partial charge in [-0.2, -0.15) is 0 Å². The van der Waals surface area contributed by atoms with Crippen LogP contribution in [-0.2, 0) is 9.59 Å². The fourth-order valence-electron chi connectivity index (χ4n) is 2.17. The van der Waals surface area contributed by atoms with Crippen molar-refractivity contribution in [3.63, 3.8) is 0 Å². The normalized spacial score (nSPS) is 10.5. The second kappa shape index (κ2) is 20.7. The van der Waals surface area contributed by atoms with Crippen LogP contribution in [0.4, 0.5) is 0 Å². The molecule has 0 aromatic heterocycles. The zero-order chi connectivity index (χ0) is 20.0. The molecule has 0 aromatic carbocycles. The van der Waals surface area contributed by atoms with E-state index in [1.165, 1.54) is 12.2 Å². The summed E-state index contributed by atoms with van der Waals surface area (Å²) in [5.41, 5.74) is 0. The highest BCUT2D eigenvalue weighted by Gasteiger charge is 1.95. The second-order valence-electron chi connectivity index (χ2n) is 6.02. The van der Waals surface area contributed by atoms with Crippen LogP contribution in [0.2, 0.25) is 0 Å². The van der Waals surface area contributed by atoms with Gasteiger partial charge in [-0.15, -0.1) is 0 Å². The summed E-state index contributed by atoms with van der Waals surface area (Å²) < 4.78 is 0. The van der Waals surface area contributed by atoms with E-state index in [-0.39, 0.29) is 11.7 Å². The van der Waals surface area contributed by atoms with Crippen molar-refractivity contribution in [2.24, 2.45) is 0 Å². The maximum Gasteiger partial charge on any atom is 0.243 e. The van der Waals surface area contributed by atoms with Crippen molar-refractivity contribution in [2.45, 2.75) is 12.8 Å². The van der Waals surface area contributed by atoms with Crippen LogP contribution in [0, 0.1) is 0 Å². The average molecular weight is 383 g/mol. The van der Waals surface area contributed by atoms with Crippen molar-refractivity contribution < 1.29 is 9.59 Å². The van der Waals surface area contributed by atoms with Gasteiger partial charge in [0.2, 0.25) is 5.91 Å². The topological polar surface area (TPSA) is 106 Å². The quantitative estimate of drug-likeness (QED) is 0.109. The van der Waals surface area contributed by atoms with E-state index in [1.807, 2.05) is 0 Å². The molecule has 156 valence electrons. The second-order valence-corrected chi connectivity index (χ2v) is 6.02. The molecule has 0 radical (unpaired) electrons. The molecule has 0 aromatic rings. The van der Waals surface area contributed by atoms with Crippen molar-refractivity contribution in [1.82, 2.24) is 31.9 Å². The average Bonchev–Trinajstić information content (AvgIpc) is 2.69. The Morgan fingerprint density at radius 2 is 1.00 bits per heavy atom. The Labute approximate surface area is 164 Å². The van der Waals surface area contributed by atoms with Gasteiger partial charge in [0.15, 0.2) is 5.78 Å². The first-order valence-corrected chi connectivity index (χ1v) is 9.79. The summed E-state index contributed by atoms with van der Waals surface area (Å²) in [4.78, 5) is 21.9. The van der Waals surface area contributed by atoms with Gasteiger partial charge in [0.05, 0.1) is 0 Å². The molecule has 0 aliphatic rings. The highest BCUT2D eigenvalue weighted by molar-refractivity contribution is 5.88. The third-order valence-corrected chi connectivity index (χ3v) is 3.71. The predicted octanol–water partition coefficient (Wildman–Crippen LogP) is -1.23. The largest absolute Gasteiger partial charge is 0.351 e. The van der Waals surface area contributed by atoms with Crippen molar-refractivity contribution in [1.29, 1.82) is 0 Å². The molecule has 0 aliphatic heterocycles. The zero-order valence-electron chi connectivity index (χ0n) is 16.6. The molecule has 0 saturated heterocycles. The summed E-state index contributed by atoms with van der Waals surface area (Å²) in [6.45, 7) is 16.5. The fourth-order valence-corrected chi connectivity index (χ4v) is 2.17. The van der Waals surface area contributed by atoms with Gasteiger partial charge in [0.1, 0.15) is 0 Å². The first-order chi connectivity index (χ1) is 13.2. The lowest BCUT2D eigenvalue weighted by Crippen LogP contribution is -2.37. The summed E-state index contributed by atoms with van der Waals surface area (Å²) in [7, 11) is 0. The lowest BCUT2D eigenvalue weighted by Gasteiger charge is -2.09. The van der Waals surface area contributed by atoms with E-state index < -0.39 is 0 Å². The van der Waals surface area contributed by atoms with Crippen LogP contribution in [0.3, 0.4) is 0 Å². The number of carbonyl (C=O) groups is 2. The van der Waals surface area contributed by atoms with Crippen molar-refractivity contribution in [2.75, 3.05) is 72.0 Å². The number of allylic oxidation sites excluding steroid dienone is 1. The van der Waals surface area contributed by atoms with Gasteiger partial charge in [0, 0.05) is 71.9 Å². The van der Waals surface area contributed by atoms with Gasteiger partial charge in [-0.05, 0) is 25.1 Å². The van der Waals surface area contributed by atoms with E-state index in [2.05, 4.69) is 45.1 Å². The van der Waals surface area contributed by atoms with Gasteiger partial charge in [-0.3, -0.25) is 9.59 Å². The molecule has 6 N–H and O–H groups in total. The first kappa shape index (κ1) is 25.4. The minimum Gasteiger partial charge on any atom is -0.351 e. The van der Waals surface area contributed by atoms with E-state index in [9.17, 15) is 9.59 Å². The smallest absolute Gasteiger partial charge is 0.243 e. The number of hydrogen-bond donors (Lipinski definition) is 6. The molecule has 8 nitrogen and oxygen atoms in total. The Bertz CT molecular complexity index is 368. The van der Waals surface area contributed by atoms with Crippen LogP contribution in [0.5, 0.6) is 0 Å². The molecule has 0 fully saturated rings. The highest BCUT2D eigenvalue weighted by atomic mass is 16.1. The maximum absolute atomic E-state index is 11.0. The molecule has 0 saturated carbocycles. The predicted molar refractivity (Wildman–Crippen MR) is 112 cm³/mol. The van der Waals surface area contributed by atoms with E-state index in [0.29, 0.717) is 13.0 Å². The molecule has 0 unspecified atom stereocenters. The van der Waals surface area contributed by atoms with Gasteiger partial charge >= 0.3 is 0 Å². The van der Waals surface area contributed by atoms with E-state index >= 15 is 0 Å². The van der Waals surface area contributed by atoms with Crippen LogP contribution in [0.1, 0.15) is 12.8 Å². The number of rotatable bonds is 21. The number of hydrogen-bond acceptors (Lipinski definition) is 7. The molecule has 0 heterocycles.